The summed E-state index contributed by atoms with van der Waals surface area (Å²) in [5, 5.41) is 4.46. The number of sulfone groups is 1. The Morgan fingerprint density at radius 2 is 2.25 bits per heavy atom. The molecule has 7 heteroatoms. The van der Waals surface area contributed by atoms with Gasteiger partial charge < -0.3 is 5.73 Å². The summed E-state index contributed by atoms with van der Waals surface area (Å²) in [6.07, 6.45) is 2.29. The van der Waals surface area contributed by atoms with Crippen LogP contribution in [-0.4, -0.2) is 34.5 Å². The van der Waals surface area contributed by atoms with Gasteiger partial charge in [-0.2, -0.15) is 5.10 Å². The molecule has 6 nitrogen and oxygen atoms in total. The standard InChI is InChI=1S/C13H18N4O2S/c14-8-11-4-1-5-13-15-12(16-17(11)13)7-10-3-2-6-20(18,19)9-10/h1,4-5,10H,2-3,6-9,14H2. The number of aromatic nitrogens is 3. The molecule has 0 spiro atoms. The van der Waals surface area contributed by atoms with Gasteiger partial charge in [0.2, 0.25) is 0 Å². The van der Waals surface area contributed by atoms with Gasteiger partial charge in [-0.15, -0.1) is 0 Å². The summed E-state index contributed by atoms with van der Waals surface area (Å²) in [6.45, 7) is 0.401. The Balaban J connectivity index is 1.84. The highest BCUT2D eigenvalue weighted by molar-refractivity contribution is 7.91. The van der Waals surface area contributed by atoms with Crippen molar-refractivity contribution >= 4 is 15.5 Å². The van der Waals surface area contributed by atoms with E-state index in [9.17, 15) is 8.42 Å². The van der Waals surface area contributed by atoms with Gasteiger partial charge in [-0.3, -0.25) is 0 Å². The quantitative estimate of drug-likeness (QED) is 0.893. The topological polar surface area (TPSA) is 90.3 Å². The average Bonchev–Trinajstić information content (AvgIpc) is 2.79. The van der Waals surface area contributed by atoms with Crippen LogP contribution in [0.5, 0.6) is 0 Å². The van der Waals surface area contributed by atoms with Gasteiger partial charge in [-0.05, 0) is 30.9 Å². The monoisotopic (exact) mass is 294 g/mol. The molecule has 2 N–H and O–H groups in total. The Hall–Kier alpha value is -1.47. The first kappa shape index (κ1) is 13.5. The first-order chi connectivity index (χ1) is 9.57. The summed E-state index contributed by atoms with van der Waals surface area (Å²) < 4.78 is 25.1. The van der Waals surface area contributed by atoms with Crippen molar-refractivity contribution in [2.75, 3.05) is 11.5 Å². The van der Waals surface area contributed by atoms with Crippen LogP contribution in [0.4, 0.5) is 0 Å². The molecule has 108 valence electrons. The highest BCUT2D eigenvalue weighted by Crippen LogP contribution is 2.21. The Morgan fingerprint density at radius 3 is 3.00 bits per heavy atom. The second-order valence-electron chi connectivity index (χ2n) is 5.35. The van der Waals surface area contributed by atoms with E-state index in [1.165, 1.54) is 0 Å². The van der Waals surface area contributed by atoms with E-state index in [-0.39, 0.29) is 11.7 Å². The van der Waals surface area contributed by atoms with E-state index < -0.39 is 9.84 Å². The Kier molecular flexibility index (Phi) is 3.47. The van der Waals surface area contributed by atoms with Crippen molar-refractivity contribution < 1.29 is 8.42 Å². The SMILES string of the molecule is NCc1cccc2nc(CC3CCCS(=O)(=O)C3)nn12. The molecular formula is C13H18N4O2S. The highest BCUT2D eigenvalue weighted by Gasteiger charge is 2.26. The maximum Gasteiger partial charge on any atom is 0.155 e. The second-order valence-corrected chi connectivity index (χ2v) is 7.57. The summed E-state index contributed by atoms with van der Waals surface area (Å²) >= 11 is 0. The van der Waals surface area contributed by atoms with Crippen molar-refractivity contribution in [3.8, 4) is 0 Å². The minimum atomic E-state index is -2.88. The van der Waals surface area contributed by atoms with Crippen molar-refractivity contribution in [2.24, 2.45) is 11.7 Å². The van der Waals surface area contributed by atoms with Crippen LogP contribution >= 0.6 is 0 Å². The Labute approximate surface area is 117 Å². The molecule has 1 saturated heterocycles. The Morgan fingerprint density at radius 1 is 1.40 bits per heavy atom. The maximum atomic E-state index is 11.7. The molecule has 3 rings (SSSR count). The lowest BCUT2D eigenvalue weighted by Crippen LogP contribution is -2.26. The largest absolute Gasteiger partial charge is 0.325 e. The summed E-state index contributed by atoms with van der Waals surface area (Å²) in [7, 11) is -2.88. The predicted octanol–water partition coefficient (Wildman–Crippen LogP) is 0.555. The lowest BCUT2D eigenvalue weighted by Gasteiger charge is -2.20. The molecule has 20 heavy (non-hydrogen) atoms. The van der Waals surface area contributed by atoms with Crippen LogP contribution in [0.2, 0.25) is 0 Å². The zero-order valence-electron chi connectivity index (χ0n) is 11.2. The molecule has 0 amide bonds. The molecule has 1 unspecified atom stereocenters. The fourth-order valence-corrected chi connectivity index (χ4v) is 4.56. The normalized spacial score (nSPS) is 22.1. The lowest BCUT2D eigenvalue weighted by molar-refractivity contribution is 0.475. The molecular weight excluding hydrogens is 276 g/mol. The number of nitrogens with two attached hydrogens (primary N) is 1. The summed E-state index contributed by atoms with van der Waals surface area (Å²) in [5.41, 5.74) is 7.34. The van der Waals surface area contributed by atoms with Crippen molar-refractivity contribution in [3.05, 3.63) is 29.7 Å². The number of rotatable bonds is 3. The number of hydrogen-bond acceptors (Lipinski definition) is 5. The third-order valence-electron chi connectivity index (χ3n) is 3.72. The van der Waals surface area contributed by atoms with Crippen LogP contribution < -0.4 is 5.73 Å². The smallest absolute Gasteiger partial charge is 0.155 e. The van der Waals surface area contributed by atoms with E-state index in [4.69, 9.17) is 5.73 Å². The van der Waals surface area contributed by atoms with Gasteiger partial charge in [0.15, 0.2) is 21.3 Å². The van der Waals surface area contributed by atoms with Crippen LogP contribution in [0.25, 0.3) is 5.65 Å². The molecule has 0 aromatic carbocycles. The van der Waals surface area contributed by atoms with E-state index in [1.807, 2.05) is 18.2 Å². The van der Waals surface area contributed by atoms with Gasteiger partial charge in [0.05, 0.1) is 17.2 Å². The molecule has 1 aliphatic rings. The molecule has 1 fully saturated rings. The van der Waals surface area contributed by atoms with Gasteiger partial charge in [-0.25, -0.2) is 17.9 Å². The van der Waals surface area contributed by atoms with Crippen LogP contribution in [0.3, 0.4) is 0 Å². The van der Waals surface area contributed by atoms with Gasteiger partial charge in [0.25, 0.3) is 0 Å². The molecule has 0 radical (unpaired) electrons. The lowest BCUT2D eigenvalue weighted by atomic mass is 10.0. The average molecular weight is 294 g/mol. The summed E-state index contributed by atoms with van der Waals surface area (Å²) in [5.74, 6) is 1.41. The van der Waals surface area contributed by atoms with Gasteiger partial charge in [-0.1, -0.05) is 6.07 Å². The molecule has 0 aliphatic carbocycles. The fraction of sp³-hybridized carbons (Fsp3) is 0.538. The van der Waals surface area contributed by atoms with E-state index in [0.717, 1.165) is 24.2 Å². The predicted molar refractivity (Wildman–Crippen MR) is 76.0 cm³/mol. The van der Waals surface area contributed by atoms with E-state index >= 15 is 0 Å². The second kappa shape index (κ2) is 5.14. The van der Waals surface area contributed by atoms with Gasteiger partial charge in [0, 0.05) is 13.0 Å². The third kappa shape index (κ3) is 2.69. The van der Waals surface area contributed by atoms with Crippen LogP contribution in [0.15, 0.2) is 18.2 Å². The highest BCUT2D eigenvalue weighted by atomic mass is 32.2. The van der Waals surface area contributed by atoms with Crippen LogP contribution in [0.1, 0.15) is 24.4 Å². The van der Waals surface area contributed by atoms with E-state index in [1.54, 1.807) is 4.52 Å². The fourth-order valence-electron chi connectivity index (χ4n) is 2.78. The minimum Gasteiger partial charge on any atom is -0.325 e. The summed E-state index contributed by atoms with van der Waals surface area (Å²) in [6, 6.07) is 5.70. The van der Waals surface area contributed by atoms with Crippen LogP contribution in [-0.2, 0) is 22.8 Å². The third-order valence-corrected chi connectivity index (χ3v) is 5.61. The molecule has 1 aliphatic heterocycles. The first-order valence-corrected chi connectivity index (χ1v) is 8.63. The van der Waals surface area contributed by atoms with Crippen molar-refractivity contribution in [1.29, 1.82) is 0 Å². The number of hydrogen-bond donors (Lipinski definition) is 1. The minimum absolute atomic E-state index is 0.132. The van der Waals surface area contributed by atoms with Gasteiger partial charge in [0.1, 0.15) is 0 Å². The van der Waals surface area contributed by atoms with E-state index in [2.05, 4.69) is 10.1 Å². The van der Waals surface area contributed by atoms with Crippen molar-refractivity contribution in [1.82, 2.24) is 14.6 Å². The molecule has 3 heterocycles. The maximum absolute atomic E-state index is 11.7. The zero-order valence-corrected chi connectivity index (χ0v) is 12.0. The molecule has 2 aromatic heterocycles. The number of nitrogens with zero attached hydrogens (tertiary/aromatic N) is 3. The van der Waals surface area contributed by atoms with Crippen molar-refractivity contribution in [2.45, 2.75) is 25.8 Å². The van der Waals surface area contributed by atoms with Crippen molar-refractivity contribution in [3.63, 3.8) is 0 Å². The summed E-state index contributed by atoms with van der Waals surface area (Å²) in [4.78, 5) is 4.46. The molecule has 0 saturated carbocycles. The number of fused-ring (bicyclic) bond motifs is 1. The molecule has 0 bridgehead atoms. The van der Waals surface area contributed by atoms with E-state index in [0.29, 0.717) is 24.5 Å². The Bertz CT molecular complexity index is 723. The molecule has 1 atom stereocenters. The first-order valence-electron chi connectivity index (χ1n) is 6.81. The number of pyridine rings is 1. The van der Waals surface area contributed by atoms with Gasteiger partial charge >= 0.3 is 0 Å². The molecule has 2 aromatic rings. The zero-order chi connectivity index (χ0) is 14.2. The van der Waals surface area contributed by atoms with Crippen LogP contribution in [0, 0.1) is 5.92 Å².